The first-order valence-electron chi connectivity index (χ1n) is 5.90. The molecule has 1 aliphatic rings. The van der Waals surface area contributed by atoms with Crippen LogP contribution in [0.2, 0.25) is 0 Å². The predicted molar refractivity (Wildman–Crippen MR) is 66.4 cm³/mol. The van der Waals surface area contributed by atoms with E-state index in [0.29, 0.717) is 11.9 Å². The number of aliphatic hydroxyl groups excluding tert-OH is 2. The topological polar surface area (TPSA) is 126 Å². The molecule has 0 radical (unpaired) electrons. The van der Waals surface area contributed by atoms with Crippen LogP contribution in [0.3, 0.4) is 0 Å². The van der Waals surface area contributed by atoms with E-state index in [1.54, 1.807) is 10.6 Å². The van der Waals surface area contributed by atoms with Crippen LogP contribution in [0, 0.1) is 0 Å². The Balaban J connectivity index is 2.09. The molecule has 1 saturated heterocycles. The van der Waals surface area contributed by atoms with E-state index in [1.807, 2.05) is 0 Å². The molecule has 1 aliphatic heterocycles. The van der Waals surface area contributed by atoms with Crippen molar-refractivity contribution in [3.05, 3.63) is 22.7 Å². The highest BCUT2D eigenvalue weighted by Crippen LogP contribution is 2.30. The van der Waals surface area contributed by atoms with Crippen LogP contribution in [0.4, 0.5) is 5.82 Å². The summed E-state index contributed by atoms with van der Waals surface area (Å²) in [5.74, 6) is 0.213. The average molecular weight is 266 g/mol. The summed E-state index contributed by atoms with van der Waals surface area (Å²) in [4.78, 5) is 18.1. The minimum Gasteiger partial charge on any atom is -0.394 e. The maximum atomic E-state index is 11.7. The molecule has 0 spiro atoms. The highest BCUT2D eigenvalue weighted by atomic mass is 16.5. The molecule has 8 nitrogen and oxygen atoms in total. The lowest BCUT2D eigenvalue weighted by atomic mass is 10.2. The predicted octanol–water partition coefficient (Wildman–Crippen LogP) is -1.05. The second-order valence-electron chi connectivity index (χ2n) is 4.57. The molecule has 0 unspecified atom stereocenters. The van der Waals surface area contributed by atoms with Crippen LogP contribution in [0.25, 0.3) is 11.0 Å². The Labute approximate surface area is 107 Å². The molecular formula is C11H14N4O4. The van der Waals surface area contributed by atoms with E-state index in [4.69, 9.17) is 15.6 Å². The quantitative estimate of drug-likeness (QED) is 0.549. The van der Waals surface area contributed by atoms with Gasteiger partial charge in [0.1, 0.15) is 11.9 Å². The third kappa shape index (κ3) is 1.89. The van der Waals surface area contributed by atoms with Crippen molar-refractivity contribution in [2.75, 3.05) is 12.3 Å². The summed E-state index contributed by atoms with van der Waals surface area (Å²) in [6, 6.07) is 1.56. The lowest BCUT2D eigenvalue weighted by Crippen LogP contribution is -2.19. The number of nitrogens with zero attached hydrogens (tertiary/aromatic N) is 2. The van der Waals surface area contributed by atoms with Crippen LogP contribution < -0.4 is 11.3 Å². The number of aliphatic hydroxyl groups is 2. The number of fused-ring (bicyclic) bond motifs is 1. The number of H-pyrrole nitrogens is 1. The molecule has 102 valence electrons. The van der Waals surface area contributed by atoms with Gasteiger partial charge in [-0.2, -0.15) is 0 Å². The van der Waals surface area contributed by atoms with Gasteiger partial charge in [0.05, 0.1) is 24.6 Å². The lowest BCUT2D eigenvalue weighted by Gasteiger charge is -2.16. The molecule has 3 heterocycles. The smallest absolute Gasteiger partial charge is 0.277 e. The SMILES string of the molecule is Nc1cc2c(ncn2[C@@H]2O[C@H](CO)C[C@H]2O)c(=O)[nH]1. The van der Waals surface area contributed by atoms with Crippen LogP contribution in [0.1, 0.15) is 12.6 Å². The number of rotatable bonds is 2. The Hall–Kier alpha value is -1.90. The average Bonchev–Trinajstić information content (AvgIpc) is 2.92. The van der Waals surface area contributed by atoms with Crippen molar-refractivity contribution in [2.45, 2.75) is 24.9 Å². The van der Waals surface area contributed by atoms with Gasteiger partial charge in [0.25, 0.3) is 5.56 Å². The van der Waals surface area contributed by atoms with Gasteiger partial charge < -0.3 is 30.2 Å². The monoisotopic (exact) mass is 266 g/mol. The van der Waals surface area contributed by atoms with E-state index in [-0.39, 0.29) is 23.5 Å². The Morgan fingerprint density at radius 3 is 3.11 bits per heavy atom. The summed E-state index contributed by atoms with van der Waals surface area (Å²) in [5.41, 5.74) is 5.93. The van der Waals surface area contributed by atoms with E-state index >= 15 is 0 Å². The summed E-state index contributed by atoms with van der Waals surface area (Å²) in [6.45, 7) is -0.164. The molecule has 0 aromatic carbocycles. The van der Waals surface area contributed by atoms with Crippen LogP contribution in [-0.2, 0) is 4.74 Å². The standard InChI is InChI=1S/C11H14N4O4/c12-8-2-6-9(10(18)14-8)13-4-15(6)11-7(17)1-5(3-16)19-11/h2,4-5,7,11,16-17H,1,3H2,(H3,12,14,18)/t5-,7+,11+/m0/s1. The number of aromatic amines is 1. The summed E-state index contributed by atoms with van der Waals surface area (Å²) in [7, 11) is 0. The molecule has 3 rings (SSSR count). The van der Waals surface area contributed by atoms with Gasteiger partial charge in [-0.15, -0.1) is 0 Å². The molecule has 19 heavy (non-hydrogen) atoms. The van der Waals surface area contributed by atoms with Crippen molar-refractivity contribution in [1.82, 2.24) is 14.5 Å². The number of aromatic nitrogens is 3. The Bertz CT molecular complexity index is 664. The van der Waals surface area contributed by atoms with E-state index in [1.165, 1.54) is 6.33 Å². The van der Waals surface area contributed by atoms with Gasteiger partial charge >= 0.3 is 0 Å². The number of imidazole rings is 1. The zero-order valence-corrected chi connectivity index (χ0v) is 9.98. The first-order chi connectivity index (χ1) is 9.10. The molecule has 3 atom stereocenters. The van der Waals surface area contributed by atoms with Gasteiger partial charge in [-0.3, -0.25) is 4.79 Å². The summed E-state index contributed by atoms with van der Waals surface area (Å²) >= 11 is 0. The van der Waals surface area contributed by atoms with Crippen molar-refractivity contribution >= 4 is 16.9 Å². The summed E-state index contributed by atoms with van der Waals surface area (Å²) in [5, 5.41) is 19.0. The summed E-state index contributed by atoms with van der Waals surface area (Å²) in [6.07, 6.45) is -0.109. The van der Waals surface area contributed by atoms with Crippen molar-refractivity contribution < 1.29 is 14.9 Å². The molecule has 1 fully saturated rings. The molecule has 0 amide bonds. The highest BCUT2D eigenvalue weighted by molar-refractivity contribution is 5.76. The van der Waals surface area contributed by atoms with Crippen LogP contribution in [0.15, 0.2) is 17.2 Å². The van der Waals surface area contributed by atoms with Crippen molar-refractivity contribution in [2.24, 2.45) is 0 Å². The maximum Gasteiger partial charge on any atom is 0.277 e. The molecule has 2 aromatic rings. The number of nitrogens with two attached hydrogens (primary N) is 1. The first-order valence-corrected chi connectivity index (χ1v) is 5.90. The van der Waals surface area contributed by atoms with Crippen LogP contribution in [0.5, 0.6) is 0 Å². The largest absolute Gasteiger partial charge is 0.394 e. The van der Waals surface area contributed by atoms with Crippen LogP contribution >= 0.6 is 0 Å². The Morgan fingerprint density at radius 1 is 1.63 bits per heavy atom. The summed E-state index contributed by atoms with van der Waals surface area (Å²) < 4.78 is 7.08. The molecule has 2 aromatic heterocycles. The van der Waals surface area contributed by atoms with Gasteiger partial charge in [0.15, 0.2) is 11.7 Å². The second kappa shape index (κ2) is 4.34. The first kappa shape index (κ1) is 12.2. The number of pyridine rings is 1. The number of nitrogens with one attached hydrogen (secondary N) is 1. The second-order valence-corrected chi connectivity index (χ2v) is 4.57. The van der Waals surface area contributed by atoms with Crippen molar-refractivity contribution in [3.8, 4) is 0 Å². The fraction of sp³-hybridized carbons (Fsp3) is 0.455. The normalized spacial score (nSPS) is 27.2. The zero-order chi connectivity index (χ0) is 13.6. The number of anilines is 1. The van der Waals surface area contributed by atoms with Crippen LogP contribution in [-0.4, -0.2) is 43.6 Å². The third-order valence-electron chi connectivity index (χ3n) is 3.24. The molecule has 0 bridgehead atoms. The fourth-order valence-electron chi connectivity index (χ4n) is 2.36. The van der Waals surface area contributed by atoms with Gasteiger partial charge in [-0.25, -0.2) is 4.98 Å². The molecule has 0 aliphatic carbocycles. The van der Waals surface area contributed by atoms with E-state index in [0.717, 1.165) is 0 Å². The van der Waals surface area contributed by atoms with Crippen molar-refractivity contribution in [3.63, 3.8) is 0 Å². The Morgan fingerprint density at radius 2 is 2.42 bits per heavy atom. The molecular weight excluding hydrogens is 252 g/mol. The van der Waals surface area contributed by atoms with Gasteiger partial charge in [0, 0.05) is 12.5 Å². The number of ether oxygens (including phenoxy) is 1. The molecule has 5 N–H and O–H groups in total. The zero-order valence-electron chi connectivity index (χ0n) is 9.98. The number of nitrogen functional groups attached to an aromatic ring is 1. The van der Waals surface area contributed by atoms with Gasteiger partial charge in [-0.1, -0.05) is 0 Å². The highest BCUT2D eigenvalue weighted by Gasteiger charge is 2.35. The molecule has 0 saturated carbocycles. The molecule has 8 heteroatoms. The number of hydrogen-bond acceptors (Lipinski definition) is 6. The minimum absolute atomic E-state index is 0.164. The van der Waals surface area contributed by atoms with Gasteiger partial charge in [0.2, 0.25) is 0 Å². The van der Waals surface area contributed by atoms with E-state index in [9.17, 15) is 9.90 Å². The van der Waals surface area contributed by atoms with E-state index < -0.39 is 18.4 Å². The lowest BCUT2D eigenvalue weighted by molar-refractivity contribution is -0.0484. The fourth-order valence-corrected chi connectivity index (χ4v) is 2.36. The van der Waals surface area contributed by atoms with E-state index in [2.05, 4.69) is 9.97 Å². The number of hydrogen-bond donors (Lipinski definition) is 4. The van der Waals surface area contributed by atoms with Gasteiger partial charge in [-0.05, 0) is 0 Å². The van der Waals surface area contributed by atoms with Crippen molar-refractivity contribution in [1.29, 1.82) is 0 Å². The third-order valence-corrected chi connectivity index (χ3v) is 3.24. The Kier molecular flexibility index (Phi) is 2.77. The maximum absolute atomic E-state index is 11.7. The minimum atomic E-state index is -0.768.